The molecule has 1 amide bonds. The summed E-state index contributed by atoms with van der Waals surface area (Å²) in [5.41, 5.74) is -1.23. The van der Waals surface area contributed by atoms with Crippen LogP contribution in [0.5, 0.6) is 0 Å². The third kappa shape index (κ3) is 4.41. The lowest BCUT2D eigenvalue weighted by atomic mass is 10.1. The van der Waals surface area contributed by atoms with E-state index in [4.69, 9.17) is 4.74 Å². The van der Waals surface area contributed by atoms with Crippen LogP contribution in [-0.4, -0.2) is 34.7 Å². The van der Waals surface area contributed by atoms with Crippen molar-refractivity contribution >= 4 is 17.5 Å². The zero-order chi connectivity index (χ0) is 17.9. The van der Waals surface area contributed by atoms with Crippen molar-refractivity contribution in [1.29, 1.82) is 0 Å². The van der Waals surface area contributed by atoms with E-state index in [1.807, 2.05) is 0 Å². The highest BCUT2D eigenvalue weighted by Crippen LogP contribution is 2.32. The summed E-state index contributed by atoms with van der Waals surface area (Å²) in [6.07, 6.45) is 1.97. The summed E-state index contributed by atoms with van der Waals surface area (Å²) in [4.78, 5) is 23.3. The average molecular weight is 339 g/mol. The van der Waals surface area contributed by atoms with Gasteiger partial charge in [-0.1, -0.05) is 6.42 Å². The van der Waals surface area contributed by atoms with Crippen LogP contribution in [0.4, 0.5) is 20.6 Å². The van der Waals surface area contributed by atoms with Crippen molar-refractivity contribution in [2.24, 2.45) is 0 Å². The number of anilines is 1. The normalized spacial score (nSPS) is 15.8. The minimum Gasteiger partial charge on any atom is -0.442 e. The third-order valence-electron chi connectivity index (χ3n) is 3.54. The number of hydrazine groups is 1. The van der Waals surface area contributed by atoms with Gasteiger partial charge in [-0.05, 0) is 39.7 Å². The molecule has 2 rings (SSSR count). The third-order valence-corrected chi connectivity index (χ3v) is 3.54. The SMILES string of the molecule is CC(C)(C)OC(=O)N(c1cc(F)ccc1[N+](=O)[O-])N1CCCCC1. The summed E-state index contributed by atoms with van der Waals surface area (Å²) < 4.78 is 19.1. The van der Waals surface area contributed by atoms with Gasteiger partial charge in [-0.15, -0.1) is 0 Å². The monoisotopic (exact) mass is 339 g/mol. The molecule has 0 saturated carbocycles. The minimum atomic E-state index is -0.771. The van der Waals surface area contributed by atoms with E-state index in [2.05, 4.69) is 0 Å². The second-order valence-corrected chi connectivity index (χ2v) is 6.70. The lowest BCUT2D eigenvalue weighted by Crippen LogP contribution is -2.51. The van der Waals surface area contributed by atoms with Crippen molar-refractivity contribution in [3.8, 4) is 0 Å². The molecule has 0 atom stereocenters. The van der Waals surface area contributed by atoms with Gasteiger partial charge < -0.3 is 4.74 Å². The summed E-state index contributed by atoms with van der Waals surface area (Å²) >= 11 is 0. The molecule has 1 heterocycles. The molecule has 24 heavy (non-hydrogen) atoms. The number of nitro benzene ring substituents is 1. The number of hydrogen-bond acceptors (Lipinski definition) is 5. The molecule has 8 heteroatoms. The van der Waals surface area contributed by atoms with E-state index in [0.717, 1.165) is 42.5 Å². The summed E-state index contributed by atoms with van der Waals surface area (Å²) in [6.45, 7) is 6.22. The van der Waals surface area contributed by atoms with Crippen molar-refractivity contribution in [3.05, 3.63) is 34.1 Å². The molecule has 0 bridgehead atoms. The number of halogens is 1. The van der Waals surface area contributed by atoms with Crippen LogP contribution in [0.25, 0.3) is 0 Å². The lowest BCUT2D eigenvalue weighted by molar-refractivity contribution is -0.384. The molecular formula is C16H22FN3O4. The predicted octanol–water partition coefficient (Wildman–Crippen LogP) is 3.88. The number of nitro groups is 1. The number of hydrogen-bond donors (Lipinski definition) is 0. The Kier molecular flexibility index (Phi) is 5.38. The fourth-order valence-corrected chi connectivity index (χ4v) is 2.57. The molecule has 1 saturated heterocycles. The van der Waals surface area contributed by atoms with E-state index < -0.39 is 22.4 Å². The van der Waals surface area contributed by atoms with E-state index >= 15 is 0 Å². The van der Waals surface area contributed by atoms with Gasteiger partial charge in [0.1, 0.15) is 17.1 Å². The molecule has 1 aromatic rings. The molecule has 1 aliphatic rings. The van der Waals surface area contributed by atoms with Gasteiger partial charge in [0.2, 0.25) is 0 Å². The quantitative estimate of drug-likeness (QED) is 0.617. The van der Waals surface area contributed by atoms with Crippen LogP contribution >= 0.6 is 0 Å². The van der Waals surface area contributed by atoms with Crippen LogP contribution < -0.4 is 5.01 Å². The average Bonchev–Trinajstić information content (AvgIpc) is 2.46. The number of carbonyl (C=O) groups is 1. The molecule has 1 aromatic carbocycles. The molecule has 0 spiro atoms. The Morgan fingerprint density at radius 3 is 2.46 bits per heavy atom. The van der Waals surface area contributed by atoms with E-state index in [-0.39, 0.29) is 11.4 Å². The van der Waals surface area contributed by atoms with Gasteiger partial charge in [-0.3, -0.25) is 10.1 Å². The first kappa shape index (κ1) is 18.1. The Labute approximate surface area is 140 Å². The highest BCUT2D eigenvalue weighted by molar-refractivity contribution is 5.90. The Balaban J connectivity index is 2.47. The highest BCUT2D eigenvalue weighted by Gasteiger charge is 2.34. The van der Waals surface area contributed by atoms with Gasteiger partial charge in [-0.25, -0.2) is 19.2 Å². The van der Waals surface area contributed by atoms with Crippen molar-refractivity contribution in [2.45, 2.75) is 45.6 Å². The van der Waals surface area contributed by atoms with E-state index in [1.165, 1.54) is 0 Å². The number of ether oxygens (including phenoxy) is 1. The van der Waals surface area contributed by atoms with Crippen molar-refractivity contribution in [2.75, 3.05) is 18.1 Å². The van der Waals surface area contributed by atoms with Crippen molar-refractivity contribution in [1.82, 2.24) is 5.01 Å². The Morgan fingerprint density at radius 1 is 1.29 bits per heavy atom. The fraction of sp³-hybridized carbons (Fsp3) is 0.562. The molecule has 1 fully saturated rings. The number of rotatable bonds is 3. The van der Waals surface area contributed by atoms with Gasteiger partial charge in [0, 0.05) is 25.2 Å². The van der Waals surface area contributed by atoms with Crippen LogP contribution in [0.15, 0.2) is 18.2 Å². The van der Waals surface area contributed by atoms with E-state index in [9.17, 15) is 19.3 Å². The van der Waals surface area contributed by atoms with Crippen molar-refractivity contribution < 1.29 is 18.8 Å². The number of amides is 1. The van der Waals surface area contributed by atoms with Crippen LogP contribution in [0, 0.1) is 15.9 Å². The summed E-state index contributed by atoms with van der Waals surface area (Å²) in [5.74, 6) is -0.652. The molecule has 7 nitrogen and oxygen atoms in total. The molecule has 132 valence electrons. The Bertz CT molecular complexity index is 624. The molecular weight excluding hydrogens is 317 g/mol. The number of benzene rings is 1. The van der Waals surface area contributed by atoms with Gasteiger partial charge >= 0.3 is 6.09 Å². The van der Waals surface area contributed by atoms with Gasteiger partial charge in [0.05, 0.1) is 4.92 Å². The first-order chi connectivity index (χ1) is 11.2. The van der Waals surface area contributed by atoms with Gasteiger partial charge in [0.25, 0.3) is 5.69 Å². The summed E-state index contributed by atoms with van der Waals surface area (Å²) in [7, 11) is 0. The maximum atomic E-state index is 13.7. The highest BCUT2D eigenvalue weighted by atomic mass is 19.1. The summed E-state index contributed by atoms with van der Waals surface area (Å²) in [6, 6.07) is 3.06. The van der Waals surface area contributed by atoms with Crippen LogP contribution in [0.2, 0.25) is 0 Å². The van der Waals surface area contributed by atoms with Crippen LogP contribution in [-0.2, 0) is 4.74 Å². The molecule has 0 unspecified atom stereocenters. The topological polar surface area (TPSA) is 75.9 Å². The predicted molar refractivity (Wildman–Crippen MR) is 87.2 cm³/mol. The van der Waals surface area contributed by atoms with Gasteiger partial charge in [-0.2, -0.15) is 0 Å². The van der Waals surface area contributed by atoms with Crippen LogP contribution in [0.1, 0.15) is 40.0 Å². The maximum absolute atomic E-state index is 13.7. The minimum absolute atomic E-state index is 0.115. The number of piperidine rings is 1. The number of nitrogens with zero attached hydrogens (tertiary/aromatic N) is 3. The van der Waals surface area contributed by atoms with Crippen LogP contribution in [0.3, 0.4) is 0 Å². The Morgan fingerprint density at radius 2 is 1.92 bits per heavy atom. The second kappa shape index (κ2) is 7.12. The lowest BCUT2D eigenvalue weighted by Gasteiger charge is -2.37. The maximum Gasteiger partial charge on any atom is 0.430 e. The first-order valence-corrected chi connectivity index (χ1v) is 7.91. The molecule has 1 aliphatic heterocycles. The largest absolute Gasteiger partial charge is 0.442 e. The number of carbonyl (C=O) groups excluding carboxylic acids is 1. The molecule has 0 aromatic heterocycles. The molecule has 0 N–H and O–H groups in total. The van der Waals surface area contributed by atoms with Gasteiger partial charge in [0.15, 0.2) is 0 Å². The zero-order valence-electron chi connectivity index (χ0n) is 14.1. The Hall–Kier alpha value is -2.22. The summed E-state index contributed by atoms with van der Waals surface area (Å²) in [5, 5.41) is 14.1. The fourth-order valence-electron chi connectivity index (χ4n) is 2.57. The van der Waals surface area contributed by atoms with Crippen molar-refractivity contribution in [3.63, 3.8) is 0 Å². The second-order valence-electron chi connectivity index (χ2n) is 6.70. The molecule has 0 radical (unpaired) electrons. The first-order valence-electron chi connectivity index (χ1n) is 7.91. The zero-order valence-corrected chi connectivity index (χ0v) is 14.1. The van der Waals surface area contributed by atoms with E-state index in [1.54, 1.807) is 25.8 Å². The smallest absolute Gasteiger partial charge is 0.430 e. The van der Waals surface area contributed by atoms with E-state index in [0.29, 0.717) is 13.1 Å². The molecule has 0 aliphatic carbocycles. The standard InChI is InChI=1S/C16H22FN3O4/c1-16(2,3)24-15(21)19(18-9-5-4-6-10-18)14-11-12(17)7-8-13(14)20(22)23/h7-8,11H,4-6,9-10H2,1-3H3.